The zero-order valence-electron chi connectivity index (χ0n) is 16.7. The first kappa shape index (κ1) is 29.0. The molecule has 138 valence electrons. The summed E-state index contributed by atoms with van der Waals surface area (Å²) in [5, 5.41) is 7.60. The van der Waals surface area contributed by atoms with Crippen molar-refractivity contribution in [2.45, 2.75) is 110 Å². The van der Waals surface area contributed by atoms with Crippen LogP contribution in [0, 0.1) is 6.92 Å². The molecule has 0 aromatic rings. The van der Waals surface area contributed by atoms with E-state index in [1.807, 2.05) is 0 Å². The molecular weight excluding hydrogens is 307 g/mol. The van der Waals surface area contributed by atoms with Crippen molar-refractivity contribution in [3.8, 4) is 0 Å². The molecular formula is C21H41NaO2. The van der Waals surface area contributed by atoms with Gasteiger partial charge in [-0.3, -0.25) is 0 Å². The van der Waals surface area contributed by atoms with Gasteiger partial charge in [0, 0.05) is 6.08 Å². The van der Waals surface area contributed by atoms with Crippen molar-refractivity contribution in [1.29, 1.82) is 0 Å². The van der Waals surface area contributed by atoms with Crippen molar-refractivity contribution in [2.24, 2.45) is 0 Å². The first-order valence-electron chi connectivity index (χ1n) is 9.83. The van der Waals surface area contributed by atoms with E-state index in [1.54, 1.807) is 0 Å². The molecule has 0 amide bonds. The summed E-state index contributed by atoms with van der Waals surface area (Å²) in [5.41, 5.74) is 0. The second-order valence-electron chi connectivity index (χ2n) is 6.35. The van der Waals surface area contributed by atoms with E-state index >= 15 is 0 Å². The molecule has 2 nitrogen and oxygen atoms in total. The summed E-state index contributed by atoms with van der Waals surface area (Å²) in [6.45, 7) is 9.14. The van der Waals surface area contributed by atoms with E-state index in [-0.39, 0.29) is 29.6 Å². The summed E-state index contributed by atoms with van der Waals surface area (Å²) in [6.07, 6.45) is 23.7. The molecule has 0 radical (unpaired) electrons. The van der Waals surface area contributed by atoms with Crippen molar-refractivity contribution in [1.82, 2.24) is 0 Å². The Hall–Kier alpha value is 0.210. The van der Waals surface area contributed by atoms with Crippen LogP contribution in [0.3, 0.4) is 0 Å². The molecule has 0 rings (SSSR count). The van der Waals surface area contributed by atoms with Crippen molar-refractivity contribution >= 4 is 5.97 Å². The second kappa shape index (κ2) is 28.0. The van der Waals surface area contributed by atoms with Crippen LogP contribution in [0.15, 0.2) is 12.7 Å². The van der Waals surface area contributed by atoms with Gasteiger partial charge in [-0.25, -0.2) is 4.79 Å². The second-order valence-corrected chi connectivity index (χ2v) is 6.35. The van der Waals surface area contributed by atoms with Crippen LogP contribution in [0.4, 0.5) is 0 Å². The zero-order chi connectivity index (χ0) is 17.6. The molecule has 0 spiro atoms. The van der Waals surface area contributed by atoms with Gasteiger partial charge in [0.1, 0.15) is 0 Å². The van der Waals surface area contributed by atoms with Gasteiger partial charge in [-0.2, -0.15) is 6.42 Å². The van der Waals surface area contributed by atoms with E-state index in [0.717, 1.165) is 12.5 Å². The van der Waals surface area contributed by atoms with Gasteiger partial charge in [0.25, 0.3) is 0 Å². The van der Waals surface area contributed by atoms with Gasteiger partial charge in [0.05, 0.1) is 0 Å². The van der Waals surface area contributed by atoms with E-state index in [1.165, 1.54) is 96.3 Å². The van der Waals surface area contributed by atoms with E-state index in [9.17, 15) is 4.79 Å². The van der Waals surface area contributed by atoms with Crippen molar-refractivity contribution in [2.75, 3.05) is 0 Å². The number of hydrogen-bond donors (Lipinski definition) is 1. The Kier molecular flexibility index (Phi) is 33.9. The predicted octanol–water partition coefficient (Wildman–Crippen LogP) is 4.34. The molecule has 0 saturated heterocycles. The first-order chi connectivity index (χ1) is 11.2. The third-order valence-corrected chi connectivity index (χ3v) is 4.03. The fraction of sp³-hybridized carbons (Fsp3) is 0.810. The maximum absolute atomic E-state index is 9.25. The van der Waals surface area contributed by atoms with Gasteiger partial charge in [0.2, 0.25) is 0 Å². The fourth-order valence-electron chi connectivity index (χ4n) is 2.55. The average Bonchev–Trinajstić information content (AvgIpc) is 2.55. The number of hydrogen-bond acceptors (Lipinski definition) is 1. The number of carbonyl (C=O) groups is 1. The predicted molar refractivity (Wildman–Crippen MR) is 103 cm³/mol. The number of carboxylic acids is 1. The number of rotatable bonds is 16. The van der Waals surface area contributed by atoms with Gasteiger partial charge in [0.15, 0.2) is 0 Å². The molecule has 24 heavy (non-hydrogen) atoms. The summed E-state index contributed by atoms with van der Waals surface area (Å²) in [6, 6.07) is 0. The quantitative estimate of drug-likeness (QED) is 0.195. The molecule has 3 heteroatoms. The van der Waals surface area contributed by atoms with Gasteiger partial charge in [-0.05, 0) is 0 Å². The number of unbranched alkanes of at least 4 members (excludes halogenated alkanes) is 15. The van der Waals surface area contributed by atoms with Gasteiger partial charge in [-0.15, -0.1) is 0 Å². The van der Waals surface area contributed by atoms with E-state index in [0.29, 0.717) is 0 Å². The van der Waals surface area contributed by atoms with Crippen molar-refractivity contribution in [3.05, 3.63) is 19.6 Å². The van der Waals surface area contributed by atoms with Crippen molar-refractivity contribution < 1.29 is 39.5 Å². The van der Waals surface area contributed by atoms with Crippen molar-refractivity contribution in [3.63, 3.8) is 0 Å². The topological polar surface area (TPSA) is 37.3 Å². The van der Waals surface area contributed by atoms with Crippen LogP contribution in [0.2, 0.25) is 0 Å². The third-order valence-electron chi connectivity index (χ3n) is 4.03. The van der Waals surface area contributed by atoms with Crippen LogP contribution in [0.5, 0.6) is 0 Å². The third kappa shape index (κ3) is 33.7. The SMILES string of the molecule is C=CC(=O)O.[CH2-]CCCCCCCCCCCCCCCCC.[Na+]. The molecule has 0 aromatic heterocycles. The summed E-state index contributed by atoms with van der Waals surface area (Å²) < 4.78 is 0. The van der Waals surface area contributed by atoms with Crippen LogP contribution < -0.4 is 29.6 Å². The minimum absolute atomic E-state index is 0. The Bertz CT molecular complexity index is 226. The number of carboxylic acid groups (broad SMARTS) is 1. The zero-order valence-corrected chi connectivity index (χ0v) is 18.7. The van der Waals surface area contributed by atoms with Crippen LogP contribution >= 0.6 is 0 Å². The normalized spacial score (nSPS) is 9.58. The standard InChI is InChI=1S/C18H37.C3H4O2.Na/c1-3-5-7-9-11-13-15-17-18-16-14-12-10-8-6-4-2;1-2-3(4)5;/h1,3-18H2,2H3;2H,1H2,(H,4,5);/q-1;;+1. The molecule has 0 unspecified atom stereocenters. The largest absolute Gasteiger partial charge is 1.00 e. The van der Waals surface area contributed by atoms with Crippen LogP contribution in [0.25, 0.3) is 0 Å². The molecule has 1 N–H and O–H groups in total. The van der Waals surface area contributed by atoms with Crippen LogP contribution in [-0.4, -0.2) is 11.1 Å². The molecule has 0 aliphatic rings. The van der Waals surface area contributed by atoms with E-state index in [2.05, 4.69) is 20.4 Å². The van der Waals surface area contributed by atoms with E-state index in [4.69, 9.17) is 5.11 Å². The van der Waals surface area contributed by atoms with E-state index < -0.39 is 5.97 Å². The Labute approximate surface area is 174 Å². The maximum atomic E-state index is 9.25. The molecule has 0 saturated carbocycles. The Morgan fingerprint density at radius 3 is 1.25 bits per heavy atom. The Morgan fingerprint density at radius 2 is 1.04 bits per heavy atom. The molecule has 0 bridgehead atoms. The Balaban J connectivity index is -0.000000639. The van der Waals surface area contributed by atoms with Crippen LogP contribution in [-0.2, 0) is 4.79 Å². The summed E-state index contributed by atoms with van der Waals surface area (Å²) in [7, 11) is 0. The number of aliphatic carboxylic acids is 1. The summed E-state index contributed by atoms with van der Waals surface area (Å²) >= 11 is 0. The molecule has 0 aromatic carbocycles. The maximum Gasteiger partial charge on any atom is 1.00 e. The average molecular weight is 349 g/mol. The summed E-state index contributed by atoms with van der Waals surface area (Å²) in [5.74, 6) is -0.981. The van der Waals surface area contributed by atoms with Gasteiger partial charge < -0.3 is 12.0 Å². The minimum atomic E-state index is -0.981. The monoisotopic (exact) mass is 348 g/mol. The smallest absolute Gasteiger partial charge is 0.478 e. The minimum Gasteiger partial charge on any atom is -0.478 e. The molecule has 0 fully saturated rings. The molecule has 0 heterocycles. The first-order valence-corrected chi connectivity index (χ1v) is 9.83. The molecule has 0 aliphatic carbocycles. The summed E-state index contributed by atoms with van der Waals surface area (Å²) in [4.78, 5) is 9.25. The molecule has 0 aliphatic heterocycles. The fourth-order valence-corrected chi connectivity index (χ4v) is 2.55. The molecule has 0 atom stereocenters. The van der Waals surface area contributed by atoms with Gasteiger partial charge >= 0.3 is 35.5 Å². The van der Waals surface area contributed by atoms with Crippen LogP contribution in [0.1, 0.15) is 110 Å². The van der Waals surface area contributed by atoms with Gasteiger partial charge in [-0.1, -0.05) is 110 Å². The Morgan fingerprint density at radius 1 is 0.792 bits per heavy atom.